The van der Waals surface area contributed by atoms with Crippen LogP contribution in [0.3, 0.4) is 0 Å². The van der Waals surface area contributed by atoms with Crippen LogP contribution in [-0.2, 0) is 0 Å². The summed E-state index contributed by atoms with van der Waals surface area (Å²) in [6.07, 6.45) is 5.39. The van der Waals surface area contributed by atoms with Crippen LogP contribution in [0.2, 0.25) is 0 Å². The number of para-hydroxylation sites is 1. The highest BCUT2D eigenvalue weighted by Gasteiger charge is 2.17. The Morgan fingerprint density at radius 2 is 1.48 bits per heavy atom. The molecule has 2 N–H and O–H groups in total. The van der Waals surface area contributed by atoms with E-state index in [1.807, 2.05) is 84.9 Å². The minimum atomic E-state index is -1.53. The van der Waals surface area contributed by atoms with E-state index in [1.54, 1.807) is 18.2 Å². The number of hydrogen-bond acceptors (Lipinski definition) is 4. The van der Waals surface area contributed by atoms with Crippen molar-refractivity contribution in [3.05, 3.63) is 140 Å². The van der Waals surface area contributed by atoms with Gasteiger partial charge >= 0.3 is 7.12 Å². The molecule has 0 radical (unpaired) electrons. The average molecular weight is 519 g/mol. The zero-order valence-corrected chi connectivity index (χ0v) is 21.8. The first kappa shape index (κ1) is 25.3. The van der Waals surface area contributed by atoms with Gasteiger partial charge in [-0.2, -0.15) is 0 Å². The molecule has 6 heteroatoms. The topological polar surface area (TPSA) is 71.2 Å². The average Bonchev–Trinajstić information content (AvgIpc) is 3.34. The third-order valence-electron chi connectivity index (χ3n) is 6.97. The molecule has 192 valence electrons. The molecule has 0 saturated carbocycles. The fourth-order valence-electron chi connectivity index (χ4n) is 5.08. The van der Waals surface area contributed by atoms with Gasteiger partial charge in [0.1, 0.15) is 0 Å². The Kier molecular flexibility index (Phi) is 6.70. The van der Waals surface area contributed by atoms with E-state index in [2.05, 4.69) is 35.9 Å². The van der Waals surface area contributed by atoms with Crippen LogP contribution in [0.5, 0.6) is 0 Å². The Morgan fingerprint density at radius 1 is 0.725 bits per heavy atom. The number of benzene rings is 4. The molecule has 0 aliphatic rings. The Hall–Kier alpha value is -5.04. The van der Waals surface area contributed by atoms with Gasteiger partial charge < -0.3 is 14.6 Å². The summed E-state index contributed by atoms with van der Waals surface area (Å²) >= 11 is 0. The fraction of sp³-hybridized carbons (Fsp3) is 0. The summed E-state index contributed by atoms with van der Waals surface area (Å²) < 4.78 is 2.18. The molecule has 6 aromatic rings. The van der Waals surface area contributed by atoms with Crippen LogP contribution in [0.4, 0.5) is 0 Å². The summed E-state index contributed by atoms with van der Waals surface area (Å²) in [5, 5.41) is 21.5. The quantitative estimate of drug-likeness (QED) is 0.191. The summed E-state index contributed by atoms with van der Waals surface area (Å²) in [6.45, 7) is 7.81. The van der Waals surface area contributed by atoms with Gasteiger partial charge in [0.05, 0.1) is 22.4 Å². The molecule has 2 heterocycles. The zero-order chi connectivity index (χ0) is 27.6. The van der Waals surface area contributed by atoms with Crippen LogP contribution in [0.1, 0.15) is 5.69 Å². The Balaban J connectivity index is 1.56. The van der Waals surface area contributed by atoms with Gasteiger partial charge in [0.2, 0.25) is 0 Å². The molecular weight excluding hydrogens is 493 g/mol. The number of fused-ring (bicyclic) bond motifs is 3. The Bertz CT molecular complexity index is 1920. The minimum Gasteiger partial charge on any atom is -0.423 e. The maximum atomic E-state index is 9.78. The molecule has 0 saturated heterocycles. The molecule has 4 aromatic carbocycles. The maximum Gasteiger partial charge on any atom is 0.488 e. The second-order valence-electron chi connectivity index (χ2n) is 9.44. The van der Waals surface area contributed by atoms with Crippen LogP contribution in [-0.4, -0.2) is 31.7 Å². The molecule has 0 amide bonds. The summed E-state index contributed by atoms with van der Waals surface area (Å²) in [5.74, 6) is 0.599. The molecule has 0 aliphatic heterocycles. The van der Waals surface area contributed by atoms with E-state index in [1.165, 1.54) is 0 Å². The molecule has 0 spiro atoms. The third-order valence-corrected chi connectivity index (χ3v) is 6.97. The second kappa shape index (κ2) is 10.6. The predicted octanol–water partition coefficient (Wildman–Crippen LogP) is 6.34. The maximum absolute atomic E-state index is 9.78. The van der Waals surface area contributed by atoms with Crippen molar-refractivity contribution in [3.8, 4) is 28.3 Å². The number of allylic oxidation sites excluding steroid dienone is 4. The smallest absolute Gasteiger partial charge is 0.423 e. The zero-order valence-electron chi connectivity index (χ0n) is 21.8. The predicted molar refractivity (Wildman–Crippen MR) is 165 cm³/mol. The number of hydrogen-bond donors (Lipinski definition) is 2. The van der Waals surface area contributed by atoms with Gasteiger partial charge in [0.25, 0.3) is 0 Å². The summed E-state index contributed by atoms with van der Waals surface area (Å²) in [7, 11) is -1.53. The van der Waals surface area contributed by atoms with Crippen molar-refractivity contribution < 1.29 is 10.0 Å². The van der Waals surface area contributed by atoms with E-state index in [-0.39, 0.29) is 0 Å². The summed E-state index contributed by atoms with van der Waals surface area (Å²) in [5.41, 5.74) is 7.67. The molecule has 5 nitrogen and oxygen atoms in total. The lowest BCUT2D eigenvalue weighted by Gasteiger charge is -2.12. The van der Waals surface area contributed by atoms with Crippen molar-refractivity contribution in [2.45, 2.75) is 0 Å². The lowest BCUT2D eigenvalue weighted by molar-refractivity contribution is 0.426. The molecule has 6 rings (SSSR count). The third kappa shape index (κ3) is 4.56. The number of rotatable bonds is 7. The van der Waals surface area contributed by atoms with Crippen molar-refractivity contribution >= 4 is 40.0 Å². The first-order valence-electron chi connectivity index (χ1n) is 13.0. The molecular formula is C34H26BN3O2. The molecule has 0 bridgehead atoms. The van der Waals surface area contributed by atoms with Crippen molar-refractivity contribution in [2.24, 2.45) is 0 Å². The van der Waals surface area contributed by atoms with E-state index in [0.29, 0.717) is 11.3 Å². The second-order valence-corrected chi connectivity index (χ2v) is 9.44. The molecule has 0 fully saturated rings. The van der Waals surface area contributed by atoms with E-state index in [0.717, 1.165) is 55.6 Å². The lowest BCUT2D eigenvalue weighted by atomic mass is 9.80. The highest BCUT2D eigenvalue weighted by molar-refractivity contribution is 6.59. The fourth-order valence-corrected chi connectivity index (χ4v) is 5.08. The van der Waals surface area contributed by atoms with Gasteiger partial charge in [-0.05, 0) is 41.4 Å². The molecule has 40 heavy (non-hydrogen) atoms. The van der Waals surface area contributed by atoms with Gasteiger partial charge in [0, 0.05) is 27.6 Å². The van der Waals surface area contributed by atoms with Gasteiger partial charge in [-0.25, -0.2) is 9.97 Å². The van der Waals surface area contributed by atoms with Crippen LogP contribution in [0, 0.1) is 0 Å². The Labute approximate surface area is 232 Å². The molecule has 0 aliphatic carbocycles. The van der Waals surface area contributed by atoms with Crippen molar-refractivity contribution in [2.75, 3.05) is 0 Å². The summed E-state index contributed by atoms with van der Waals surface area (Å²) in [4.78, 5) is 9.90. The van der Waals surface area contributed by atoms with Gasteiger partial charge in [0.15, 0.2) is 5.82 Å². The van der Waals surface area contributed by atoms with Crippen LogP contribution < -0.4 is 5.46 Å². The van der Waals surface area contributed by atoms with Gasteiger partial charge in [-0.15, -0.1) is 0 Å². The monoisotopic (exact) mass is 519 g/mol. The molecule has 2 aromatic heterocycles. The minimum absolute atomic E-state index is 0.452. The van der Waals surface area contributed by atoms with E-state index >= 15 is 0 Å². The molecule has 0 atom stereocenters. The van der Waals surface area contributed by atoms with Crippen LogP contribution in [0.25, 0.3) is 55.7 Å². The number of aromatic nitrogens is 3. The van der Waals surface area contributed by atoms with E-state index in [9.17, 15) is 10.0 Å². The van der Waals surface area contributed by atoms with Crippen molar-refractivity contribution in [1.82, 2.24) is 14.5 Å². The van der Waals surface area contributed by atoms with Gasteiger partial charge in [-0.1, -0.05) is 104 Å². The first-order valence-corrected chi connectivity index (χ1v) is 13.0. The van der Waals surface area contributed by atoms with E-state index in [4.69, 9.17) is 9.97 Å². The standard InChI is InChI=1S/C34H26BN3O2/c1-3-11-23(4-2)30-22-31(24-12-6-5-7-13-24)37-34(36-30)25-14-10-15-27(20-25)38-32-17-9-8-16-28(32)29-21-26(35(39)40)18-19-33(29)38/h3-22,39-40H,1-2H2/b23-11+. The summed E-state index contributed by atoms with van der Waals surface area (Å²) in [6, 6.07) is 33.8. The van der Waals surface area contributed by atoms with Gasteiger partial charge in [-0.3, -0.25) is 0 Å². The SMILES string of the molecule is C=C/C=C(\C=C)c1cc(-c2ccccc2)nc(-c2cccc(-n3c4ccccc4c4cc(B(O)O)ccc43)c2)n1. The first-order chi connectivity index (χ1) is 19.6. The van der Waals surface area contributed by atoms with Crippen molar-refractivity contribution in [1.29, 1.82) is 0 Å². The number of nitrogens with zero attached hydrogens (tertiary/aromatic N) is 3. The van der Waals surface area contributed by atoms with E-state index < -0.39 is 7.12 Å². The van der Waals surface area contributed by atoms with Crippen LogP contribution in [0.15, 0.2) is 135 Å². The van der Waals surface area contributed by atoms with Crippen LogP contribution >= 0.6 is 0 Å². The highest BCUT2D eigenvalue weighted by Crippen LogP contribution is 2.33. The van der Waals surface area contributed by atoms with Crippen molar-refractivity contribution in [3.63, 3.8) is 0 Å². The highest BCUT2D eigenvalue weighted by atomic mass is 16.4. The lowest BCUT2D eigenvalue weighted by Crippen LogP contribution is -2.29. The Morgan fingerprint density at radius 3 is 2.25 bits per heavy atom. The molecule has 0 unspecified atom stereocenters. The normalized spacial score (nSPS) is 11.6. The largest absolute Gasteiger partial charge is 0.488 e.